The lowest BCUT2D eigenvalue weighted by molar-refractivity contribution is 0.507. The third-order valence-corrected chi connectivity index (χ3v) is 6.04. The summed E-state index contributed by atoms with van der Waals surface area (Å²) in [4.78, 5) is 0.324. The van der Waals surface area contributed by atoms with Crippen molar-refractivity contribution in [1.29, 1.82) is 0 Å². The lowest BCUT2D eigenvalue weighted by Crippen LogP contribution is -2.31. The molecule has 3 N–H and O–H groups in total. The number of halogens is 1. The summed E-state index contributed by atoms with van der Waals surface area (Å²) in [6.07, 6.45) is 4.73. The van der Waals surface area contributed by atoms with Crippen molar-refractivity contribution in [3.8, 4) is 0 Å². The fraction of sp³-hybridized carbons (Fsp3) is 0.368. The molecule has 0 heterocycles. The maximum absolute atomic E-state index is 12.7. The lowest BCUT2D eigenvalue weighted by atomic mass is 9.88. The van der Waals surface area contributed by atoms with Gasteiger partial charge in [0.15, 0.2) is 0 Å². The normalized spacial score (nSPS) is 16.8. The highest BCUT2D eigenvalue weighted by molar-refractivity contribution is 7.89. The predicted octanol–water partition coefficient (Wildman–Crippen LogP) is 4.00. The Hall–Kier alpha value is -1.56. The van der Waals surface area contributed by atoms with Crippen molar-refractivity contribution in [2.45, 2.75) is 50.0 Å². The smallest absolute Gasteiger partial charge is 0.241 e. The van der Waals surface area contributed by atoms with Crippen LogP contribution in [0.15, 0.2) is 47.4 Å². The number of hydrogen-bond acceptors (Lipinski definition) is 3. The molecule has 3 rings (SSSR count). The molecule has 1 aliphatic rings. The Labute approximate surface area is 156 Å². The number of rotatable bonds is 5. The predicted molar refractivity (Wildman–Crippen MR) is 105 cm³/mol. The van der Waals surface area contributed by atoms with E-state index in [1.54, 1.807) is 12.1 Å². The van der Waals surface area contributed by atoms with E-state index in [-0.39, 0.29) is 18.4 Å². The van der Waals surface area contributed by atoms with Crippen molar-refractivity contribution in [3.63, 3.8) is 0 Å². The minimum absolute atomic E-state index is 0. The van der Waals surface area contributed by atoms with Gasteiger partial charge in [0.25, 0.3) is 0 Å². The average molecular weight is 381 g/mol. The quantitative estimate of drug-likeness (QED) is 0.770. The summed E-state index contributed by atoms with van der Waals surface area (Å²) in [5.41, 5.74) is 9.92. The van der Waals surface area contributed by atoms with Gasteiger partial charge in [0, 0.05) is 11.7 Å². The molecule has 0 spiro atoms. The van der Waals surface area contributed by atoms with Gasteiger partial charge < -0.3 is 5.73 Å². The van der Waals surface area contributed by atoms with Crippen LogP contribution in [0.1, 0.15) is 48.9 Å². The molecular weight excluding hydrogens is 356 g/mol. The fourth-order valence-corrected chi connectivity index (χ4v) is 4.59. The van der Waals surface area contributed by atoms with Crippen LogP contribution in [0.2, 0.25) is 0 Å². The molecule has 2 aromatic carbocycles. The van der Waals surface area contributed by atoms with E-state index in [0.717, 1.165) is 54.5 Å². The van der Waals surface area contributed by atoms with Gasteiger partial charge in [-0.25, -0.2) is 13.1 Å². The van der Waals surface area contributed by atoms with Gasteiger partial charge in [-0.15, -0.1) is 12.4 Å². The molecule has 25 heavy (non-hydrogen) atoms. The second kappa shape index (κ2) is 8.21. The number of nitrogens with one attached hydrogen (secondary N) is 1. The van der Waals surface area contributed by atoms with Gasteiger partial charge in [-0.1, -0.05) is 31.5 Å². The molecule has 0 radical (unpaired) electrons. The minimum Gasteiger partial charge on any atom is -0.399 e. The fourth-order valence-electron chi connectivity index (χ4n) is 3.34. The van der Waals surface area contributed by atoms with E-state index in [2.05, 4.69) is 11.6 Å². The monoisotopic (exact) mass is 380 g/mol. The molecular formula is C19H25ClN2O2S. The van der Waals surface area contributed by atoms with Crippen LogP contribution in [0.4, 0.5) is 5.69 Å². The summed E-state index contributed by atoms with van der Waals surface area (Å²) in [5, 5.41) is 0. The standard InChI is InChI=1S/C19H24N2O2S.ClH/c1-2-4-14-7-10-17(11-8-14)24(22,23)21-19-6-3-5-15-13-16(20)9-12-18(15)19;/h7-13,19,21H,2-6,20H2,1H3;1H. The molecule has 1 unspecified atom stereocenters. The second-order valence-electron chi connectivity index (χ2n) is 6.42. The highest BCUT2D eigenvalue weighted by atomic mass is 35.5. The maximum Gasteiger partial charge on any atom is 0.241 e. The first-order valence-electron chi connectivity index (χ1n) is 8.49. The molecule has 1 aliphatic carbocycles. The summed E-state index contributed by atoms with van der Waals surface area (Å²) in [5.74, 6) is 0. The number of sulfonamides is 1. The third kappa shape index (κ3) is 4.54. The molecule has 6 heteroatoms. The molecule has 0 fully saturated rings. The van der Waals surface area contributed by atoms with Gasteiger partial charge in [-0.2, -0.15) is 0 Å². The first kappa shape index (κ1) is 19.8. The van der Waals surface area contributed by atoms with Crippen LogP contribution in [-0.4, -0.2) is 8.42 Å². The number of nitrogen functional groups attached to an aromatic ring is 1. The van der Waals surface area contributed by atoms with Crippen molar-refractivity contribution in [2.24, 2.45) is 0 Å². The van der Waals surface area contributed by atoms with Gasteiger partial charge in [0.1, 0.15) is 0 Å². The number of fused-ring (bicyclic) bond motifs is 1. The van der Waals surface area contributed by atoms with Crippen molar-refractivity contribution < 1.29 is 8.42 Å². The highest BCUT2D eigenvalue weighted by Gasteiger charge is 2.25. The summed E-state index contributed by atoms with van der Waals surface area (Å²) in [6, 6.07) is 12.7. The Bertz CT molecular complexity index is 820. The Balaban J connectivity index is 0.00000225. The van der Waals surface area contributed by atoms with Crippen molar-refractivity contribution >= 4 is 28.1 Å². The summed E-state index contributed by atoms with van der Waals surface area (Å²) in [7, 11) is -3.53. The topological polar surface area (TPSA) is 72.2 Å². The molecule has 0 saturated heterocycles. The SMILES string of the molecule is CCCc1ccc(S(=O)(=O)NC2CCCc3cc(N)ccc32)cc1.Cl. The number of anilines is 1. The van der Waals surface area contributed by atoms with Crippen LogP contribution in [0.5, 0.6) is 0 Å². The lowest BCUT2D eigenvalue weighted by Gasteiger charge is -2.26. The summed E-state index contributed by atoms with van der Waals surface area (Å²) < 4.78 is 28.3. The molecule has 0 aromatic heterocycles. The van der Waals surface area contributed by atoms with Crippen LogP contribution < -0.4 is 10.5 Å². The summed E-state index contributed by atoms with van der Waals surface area (Å²) >= 11 is 0. The molecule has 0 amide bonds. The molecule has 1 atom stereocenters. The molecule has 4 nitrogen and oxygen atoms in total. The van der Waals surface area contributed by atoms with Crippen molar-refractivity contribution in [3.05, 3.63) is 59.2 Å². The largest absolute Gasteiger partial charge is 0.399 e. The van der Waals surface area contributed by atoms with Crippen LogP contribution in [0.3, 0.4) is 0 Å². The van der Waals surface area contributed by atoms with Gasteiger partial charge >= 0.3 is 0 Å². The van der Waals surface area contributed by atoms with E-state index < -0.39 is 10.0 Å². The second-order valence-corrected chi connectivity index (χ2v) is 8.13. The number of aryl methyl sites for hydroxylation is 2. The zero-order valence-corrected chi connectivity index (χ0v) is 16.0. The maximum atomic E-state index is 12.7. The molecule has 2 aromatic rings. The first-order chi connectivity index (χ1) is 11.5. The molecule has 136 valence electrons. The Morgan fingerprint density at radius 2 is 1.88 bits per heavy atom. The Kier molecular flexibility index (Phi) is 6.49. The molecule has 0 bridgehead atoms. The zero-order valence-electron chi connectivity index (χ0n) is 14.4. The number of hydrogen-bond donors (Lipinski definition) is 2. The van der Waals surface area contributed by atoms with Gasteiger partial charge in [0.05, 0.1) is 4.90 Å². The van der Waals surface area contributed by atoms with Gasteiger partial charge in [-0.05, 0) is 66.6 Å². The molecule has 0 saturated carbocycles. The van der Waals surface area contributed by atoms with E-state index in [1.807, 2.05) is 30.3 Å². The molecule has 0 aliphatic heterocycles. The van der Waals surface area contributed by atoms with Crippen LogP contribution in [0.25, 0.3) is 0 Å². The van der Waals surface area contributed by atoms with E-state index >= 15 is 0 Å². The van der Waals surface area contributed by atoms with Gasteiger partial charge in [-0.3, -0.25) is 0 Å². The van der Waals surface area contributed by atoms with E-state index in [9.17, 15) is 8.42 Å². The highest BCUT2D eigenvalue weighted by Crippen LogP contribution is 2.32. The number of benzene rings is 2. The van der Waals surface area contributed by atoms with Crippen molar-refractivity contribution in [2.75, 3.05) is 5.73 Å². The summed E-state index contributed by atoms with van der Waals surface area (Å²) in [6.45, 7) is 2.11. The first-order valence-corrected chi connectivity index (χ1v) is 9.97. The van der Waals surface area contributed by atoms with Crippen LogP contribution >= 0.6 is 12.4 Å². The van der Waals surface area contributed by atoms with E-state index in [0.29, 0.717) is 4.90 Å². The zero-order chi connectivity index (χ0) is 17.2. The third-order valence-electron chi connectivity index (χ3n) is 4.55. The van der Waals surface area contributed by atoms with Crippen molar-refractivity contribution in [1.82, 2.24) is 4.72 Å². The Morgan fingerprint density at radius 3 is 2.56 bits per heavy atom. The minimum atomic E-state index is -3.53. The number of nitrogens with two attached hydrogens (primary N) is 1. The van der Waals surface area contributed by atoms with E-state index in [4.69, 9.17) is 5.73 Å². The van der Waals surface area contributed by atoms with Crippen LogP contribution in [-0.2, 0) is 22.9 Å². The van der Waals surface area contributed by atoms with Crippen LogP contribution in [0, 0.1) is 0 Å². The van der Waals surface area contributed by atoms with Gasteiger partial charge in [0.2, 0.25) is 10.0 Å². The Morgan fingerprint density at radius 1 is 1.16 bits per heavy atom. The average Bonchev–Trinajstić information content (AvgIpc) is 2.55. The van der Waals surface area contributed by atoms with E-state index in [1.165, 1.54) is 0 Å².